The SMILES string of the molecule is Cc1ccc2c(c1)c(=O)c(C(=O)N1CCOCC(CO)C1)cn2C. The third kappa shape index (κ3) is 3.07. The van der Waals surface area contributed by atoms with E-state index in [0.717, 1.165) is 11.1 Å². The quantitative estimate of drug-likeness (QED) is 0.889. The van der Waals surface area contributed by atoms with E-state index in [9.17, 15) is 14.7 Å². The number of carbonyl (C=O) groups excluding carboxylic acids is 1. The molecule has 2 heterocycles. The number of rotatable bonds is 2. The van der Waals surface area contributed by atoms with Gasteiger partial charge in [-0.15, -0.1) is 0 Å². The lowest BCUT2D eigenvalue weighted by Crippen LogP contribution is -2.39. The first-order valence-electron chi connectivity index (χ1n) is 8.09. The summed E-state index contributed by atoms with van der Waals surface area (Å²) in [6.07, 6.45) is 1.60. The minimum Gasteiger partial charge on any atom is -0.396 e. The lowest BCUT2D eigenvalue weighted by molar-refractivity contribution is 0.0726. The number of aromatic nitrogens is 1. The number of hydrogen-bond acceptors (Lipinski definition) is 4. The standard InChI is InChI=1S/C18H22N2O4/c1-12-3-4-16-14(7-12)17(22)15(9-19(16)2)18(23)20-5-6-24-11-13(8-20)10-21/h3-4,7,9,13,21H,5-6,8,10-11H2,1-2H3. The second-order valence-electron chi connectivity index (χ2n) is 6.38. The highest BCUT2D eigenvalue weighted by molar-refractivity contribution is 5.97. The lowest BCUT2D eigenvalue weighted by Gasteiger charge is -2.23. The van der Waals surface area contributed by atoms with Crippen LogP contribution in [0.15, 0.2) is 29.2 Å². The Balaban J connectivity index is 2.03. The van der Waals surface area contributed by atoms with Crippen LogP contribution in [0.3, 0.4) is 0 Å². The van der Waals surface area contributed by atoms with Gasteiger partial charge in [0.05, 0.1) is 18.7 Å². The molecule has 0 saturated carbocycles. The maximum Gasteiger partial charge on any atom is 0.259 e. The Hall–Kier alpha value is -2.18. The molecule has 0 radical (unpaired) electrons. The number of ether oxygens (including phenoxy) is 1. The summed E-state index contributed by atoms with van der Waals surface area (Å²) < 4.78 is 7.22. The van der Waals surface area contributed by atoms with Crippen molar-refractivity contribution in [3.05, 3.63) is 45.7 Å². The molecule has 1 aliphatic rings. The summed E-state index contributed by atoms with van der Waals surface area (Å²) in [4.78, 5) is 27.3. The largest absolute Gasteiger partial charge is 0.396 e. The van der Waals surface area contributed by atoms with Crippen LogP contribution in [0.2, 0.25) is 0 Å². The zero-order valence-corrected chi connectivity index (χ0v) is 14.0. The minimum absolute atomic E-state index is 0.0430. The number of amides is 1. The molecule has 1 amide bonds. The Kier molecular flexibility index (Phi) is 4.69. The normalized spacial score (nSPS) is 18.6. The van der Waals surface area contributed by atoms with E-state index in [2.05, 4.69) is 0 Å². The van der Waals surface area contributed by atoms with Crippen LogP contribution in [0, 0.1) is 12.8 Å². The average Bonchev–Trinajstić information content (AvgIpc) is 2.83. The molecule has 128 valence electrons. The van der Waals surface area contributed by atoms with Crippen molar-refractivity contribution in [2.24, 2.45) is 13.0 Å². The summed E-state index contributed by atoms with van der Waals surface area (Å²) in [6.45, 7) is 3.53. The number of aliphatic hydroxyl groups excluding tert-OH is 1. The predicted molar refractivity (Wildman–Crippen MR) is 91.2 cm³/mol. The fourth-order valence-corrected chi connectivity index (χ4v) is 3.10. The van der Waals surface area contributed by atoms with Gasteiger partial charge >= 0.3 is 0 Å². The van der Waals surface area contributed by atoms with Gasteiger partial charge in [0.1, 0.15) is 5.56 Å². The molecule has 6 nitrogen and oxygen atoms in total. The summed E-state index contributed by atoms with van der Waals surface area (Å²) in [5.41, 5.74) is 1.69. The van der Waals surface area contributed by atoms with Crippen molar-refractivity contribution >= 4 is 16.8 Å². The highest BCUT2D eigenvalue weighted by Crippen LogP contribution is 2.15. The van der Waals surface area contributed by atoms with Crippen molar-refractivity contribution in [3.63, 3.8) is 0 Å². The van der Waals surface area contributed by atoms with Crippen molar-refractivity contribution in [1.82, 2.24) is 9.47 Å². The Morgan fingerprint density at radius 1 is 1.42 bits per heavy atom. The van der Waals surface area contributed by atoms with Gasteiger partial charge in [-0.3, -0.25) is 9.59 Å². The van der Waals surface area contributed by atoms with E-state index in [1.54, 1.807) is 15.7 Å². The van der Waals surface area contributed by atoms with Gasteiger partial charge in [-0.05, 0) is 19.1 Å². The van der Waals surface area contributed by atoms with E-state index in [4.69, 9.17) is 4.74 Å². The molecule has 2 aromatic rings. The Morgan fingerprint density at radius 2 is 2.21 bits per heavy atom. The number of fused-ring (bicyclic) bond motifs is 1. The highest BCUT2D eigenvalue weighted by atomic mass is 16.5. The van der Waals surface area contributed by atoms with Gasteiger partial charge in [0.2, 0.25) is 5.43 Å². The van der Waals surface area contributed by atoms with Crippen LogP contribution in [0.1, 0.15) is 15.9 Å². The lowest BCUT2D eigenvalue weighted by atomic mass is 10.1. The molecule has 0 aliphatic carbocycles. The van der Waals surface area contributed by atoms with Crippen molar-refractivity contribution in [2.75, 3.05) is 32.9 Å². The molecule has 1 aliphatic heterocycles. The molecule has 0 spiro atoms. The zero-order chi connectivity index (χ0) is 17.3. The summed E-state index contributed by atoms with van der Waals surface area (Å²) >= 11 is 0. The predicted octanol–water partition coefficient (Wildman–Crippen LogP) is 0.928. The molecule has 1 fully saturated rings. The molecule has 1 atom stereocenters. The topological polar surface area (TPSA) is 71.8 Å². The molecule has 1 aromatic heterocycles. The van der Waals surface area contributed by atoms with Crippen LogP contribution < -0.4 is 5.43 Å². The fourth-order valence-electron chi connectivity index (χ4n) is 3.10. The van der Waals surface area contributed by atoms with Gasteiger partial charge in [-0.25, -0.2) is 0 Å². The van der Waals surface area contributed by atoms with Gasteiger partial charge < -0.3 is 19.3 Å². The van der Waals surface area contributed by atoms with E-state index in [1.165, 1.54) is 0 Å². The third-order valence-corrected chi connectivity index (χ3v) is 4.46. The van der Waals surface area contributed by atoms with Crippen molar-refractivity contribution < 1.29 is 14.6 Å². The first-order valence-corrected chi connectivity index (χ1v) is 8.09. The number of carbonyl (C=O) groups is 1. The van der Waals surface area contributed by atoms with Crippen LogP contribution >= 0.6 is 0 Å². The fraction of sp³-hybridized carbons (Fsp3) is 0.444. The number of aryl methyl sites for hydroxylation is 2. The number of pyridine rings is 1. The first kappa shape index (κ1) is 16.7. The summed E-state index contributed by atoms with van der Waals surface area (Å²) in [6, 6.07) is 5.65. The maximum atomic E-state index is 12.9. The summed E-state index contributed by atoms with van der Waals surface area (Å²) in [5.74, 6) is -0.425. The number of hydrogen-bond donors (Lipinski definition) is 1. The summed E-state index contributed by atoms with van der Waals surface area (Å²) in [7, 11) is 1.83. The maximum absolute atomic E-state index is 12.9. The second kappa shape index (κ2) is 6.75. The molecule has 3 rings (SSSR count). The van der Waals surface area contributed by atoms with Gasteiger partial charge in [0.25, 0.3) is 5.91 Å². The Labute approximate surface area is 140 Å². The van der Waals surface area contributed by atoms with Gasteiger partial charge in [0.15, 0.2) is 0 Å². The van der Waals surface area contributed by atoms with Crippen molar-refractivity contribution in [1.29, 1.82) is 0 Å². The van der Waals surface area contributed by atoms with Crippen LogP contribution in [-0.2, 0) is 11.8 Å². The number of aliphatic hydroxyl groups is 1. The second-order valence-corrected chi connectivity index (χ2v) is 6.38. The molecule has 1 unspecified atom stereocenters. The van der Waals surface area contributed by atoms with Crippen molar-refractivity contribution in [3.8, 4) is 0 Å². The summed E-state index contributed by atoms with van der Waals surface area (Å²) in [5, 5.41) is 9.92. The molecule has 1 aromatic carbocycles. The van der Waals surface area contributed by atoms with E-state index >= 15 is 0 Å². The number of benzene rings is 1. The van der Waals surface area contributed by atoms with Crippen LogP contribution in [0.5, 0.6) is 0 Å². The minimum atomic E-state index is -0.303. The van der Waals surface area contributed by atoms with Gasteiger partial charge in [0, 0.05) is 44.2 Å². The van der Waals surface area contributed by atoms with Crippen LogP contribution in [0.4, 0.5) is 0 Å². The Morgan fingerprint density at radius 3 is 2.96 bits per heavy atom. The van der Waals surface area contributed by atoms with E-state index < -0.39 is 0 Å². The van der Waals surface area contributed by atoms with Gasteiger partial charge in [-0.1, -0.05) is 11.6 Å². The molecule has 0 bridgehead atoms. The van der Waals surface area contributed by atoms with E-state index in [1.807, 2.05) is 32.2 Å². The molecule has 6 heteroatoms. The monoisotopic (exact) mass is 330 g/mol. The zero-order valence-electron chi connectivity index (χ0n) is 14.0. The first-order chi connectivity index (χ1) is 11.5. The third-order valence-electron chi connectivity index (χ3n) is 4.46. The van der Waals surface area contributed by atoms with E-state index in [-0.39, 0.29) is 29.4 Å². The molecule has 24 heavy (non-hydrogen) atoms. The van der Waals surface area contributed by atoms with Crippen LogP contribution in [-0.4, -0.2) is 53.4 Å². The average molecular weight is 330 g/mol. The Bertz CT molecular complexity index is 828. The molecule has 1 saturated heterocycles. The van der Waals surface area contributed by atoms with Gasteiger partial charge in [-0.2, -0.15) is 0 Å². The van der Waals surface area contributed by atoms with Crippen LogP contribution in [0.25, 0.3) is 10.9 Å². The highest BCUT2D eigenvalue weighted by Gasteiger charge is 2.25. The van der Waals surface area contributed by atoms with Crippen molar-refractivity contribution in [2.45, 2.75) is 6.92 Å². The number of nitrogens with zero attached hydrogens (tertiary/aromatic N) is 2. The molecule has 1 N–H and O–H groups in total. The molecular weight excluding hydrogens is 308 g/mol. The molecular formula is C18H22N2O4. The smallest absolute Gasteiger partial charge is 0.259 e. The van der Waals surface area contributed by atoms with E-state index in [0.29, 0.717) is 31.7 Å².